The predicted molar refractivity (Wildman–Crippen MR) is 92.2 cm³/mol. The summed E-state index contributed by atoms with van der Waals surface area (Å²) in [5.41, 5.74) is 7.72. The van der Waals surface area contributed by atoms with Gasteiger partial charge in [-0.3, -0.25) is 4.79 Å². The molecular weight excluding hydrogens is 288 g/mol. The number of amides is 1. The summed E-state index contributed by atoms with van der Waals surface area (Å²) in [5.74, 6) is 0.915. The fraction of sp³-hybridized carbons (Fsp3) is 0.316. The van der Waals surface area contributed by atoms with Crippen molar-refractivity contribution in [1.29, 1.82) is 0 Å². The molecule has 0 aliphatic rings. The molecule has 2 aromatic carbocycles. The number of methoxy groups -OCH3 is 1. The molecule has 0 radical (unpaired) electrons. The van der Waals surface area contributed by atoms with Crippen LogP contribution >= 0.6 is 0 Å². The fourth-order valence-electron chi connectivity index (χ4n) is 2.41. The molecule has 0 aromatic heterocycles. The summed E-state index contributed by atoms with van der Waals surface area (Å²) in [6.45, 7) is 1.89. The monoisotopic (exact) mass is 312 g/mol. The van der Waals surface area contributed by atoms with Crippen LogP contribution in [0.2, 0.25) is 0 Å². The second-order valence-corrected chi connectivity index (χ2v) is 5.47. The third-order valence-corrected chi connectivity index (χ3v) is 3.72. The van der Waals surface area contributed by atoms with E-state index in [2.05, 4.69) is 0 Å². The van der Waals surface area contributed by atoms with Crippen LogP contribution in [0.4, 0.5) is 0 Å². The van der Waals surface area contributed by atoms with Crippen LogP contribution in [0, 0.1) is 0 Å². The van der Waals surface area contributed by atoms with Crippen molar-refractivity contribution in [3.63, 3.8) is 0 Å². The molecule has 0 saturated carbocycles. The minimum atomic E-state index is 0.118. The summed E-state index contributed by atoms with van der Waals surface area (Å²) < 4.78 is 5.14. The van der Waals surface area contributed by atoms with E-state index in [0.29, 0.717) is 26.1 Å². The molecule has 2 N–H and O–H groups in total. The number of rotatable bonds is 8. The lowest BCUT2D eigenvalue weighted by Crippen LogP contribution is -2.33. The standard InChI is InChI=1S/C19H24N2O2/c1-23-18-10-8-16(9-11-18)14-19(22)21(13-5-12-20)15-17-6-3-2-4-7-17/h2-4,6-11H,5,12-15,20H2,1H3. The molecule has 4 nitrogen and oxygen atoms in total. The molecule has 0 atom stereocenters. The molecule has 2 rings (SSSR count). The molecular formula is C19H24N2O2. The highest BCUT2D eigenvalue weighted by molar-refractivity contribution is 5.78. The predicted octanol–water partition coefficient (Wildman–Crippen LogP) is 2.62. The van der Waals surface area contributed by atoms with Gasteiger partial charge in [-0.15, -0.1) is 0 Å². The van der Waals surface area contributed by atoms with E-state index in [4.69, 9.17) is 10.5 Å². The minimum absolute atomic E-state index is 0.118. The van der Waals surface area contributed by atoms with Crippen LogP contribution < -0.4 is 10.5 Å². The van der Waals surface area contributed by atoms with Crippen LogP contribution in [-0.4, -0.2) is 31.0 Å². The van der Waals surface area contributed by atoms with E-state index in [1.165, 1.54) is 0 Å². The Morgan fingerprint density at radius 2 is 1.74 bits per heavy atom. The Labute approximate surface area is 137 Å². The summed E-state index contributed by atoms with van der Waals surface area (Å²) in [5, 5.41) is 0. The van der Waals surface area contributed by atoms with Gasteiger partial charge >= 0.3 is 0 Å². The largest absolute Gasteiger partial charge is 0.497 e. The maximum atomic E-state index is 12.6. The Kier molecular flexibility index (Phi) is 6.63. The first kappa shape index (κ1) is 17.0. The maximum absolute atomic E-state index is 12.6. The van der Waals surface area contributed by atoms with Gasteiger partial charge in [0.1, 0.15) is 5.75 Å². The molecule has 0 saturated heterocycles. The quantitative estimate of drug-likeness (QED) is 0.815. The highest BCUT2D eigenvalue weighted by atomic mass is 16.5. The summed E-state index contributed by atoms with van der Waals surface area (Å²) in [6.07, 6.45) is 1.20. The van der Waals surface area contributed by atoms with Gasteiger partial charge in [0.25, 0.3) is 0 Å². The van der Waals surface area contributed by atoms with Crippen molar-refractivity contribution >= 4 is 5.91 Å². The maximum Gasteiger partial charge on any atom is 0.227 e. The molecule has 0 spiro atoms. The summed E-state index contributed by atoms with van der Waals surface area (Å²) in [4.78, 5) is 14.5. The summed E-state index contributed by atoms with van der Waals surface area (Å²) in [6, 6.07) is 17.7. The molecule has 23 heavy (non-hydrogen) atoms. The average molecular weight is 312 g/mol. The van der Waals surface area contributed by atoms with Crippen LogP contribution in [0.25, 0.3) is 0 Å². The van der Waals surface area contributed by atoms with Crippen molar-refractivity contribution in [3.8, 4) is 5.75 Å². The second-order valence-electron chi connectivity index (χ2n) is 5.47. The first-order valence-electron chi connectivity index (χ1n) is 7.87. The number of benzene rings is 2. The average Bonchev–Trinajstić information content (AvgIpc) is 2.60. The van der Waals surface area contributed by atoms with Crippen molar-refractivity contribution in [1.82, 2.24) is 4.90 Å². The van der Waals surface area contributed by atoms with E-state index in [1.807, 2.05) is 59.5 Å². The SMILES string of the molecule is COc1ccc(CC(=O)N(CCCN)Cc2ccccc2)cc1. The third kappa shape index (κ3) is 5.42. The number of ether oxygens (including phenoxy) is 1. The van der Waals surface area contributed by atoms with Gasteiger partial charge in [0.15, 0.2) is 0 Å². The lowest BCUT2D eigenvalue weighted by Gasteiger charge is -2.23. The van der Waals surface area contributed by atoms with Crippen LogP contribution in [0.15, 0.2) is 54.6 Å². The number of nitrogens with two attached hydrogens (primary N) is 1. The first-order valence-corrected chi connectivity index (χ1v) is 7.87. The van der Waals surface area contributed by atoms with Crippen LogP contribution in [0.1, 0.15) is 17.5 Å². The van der Waals surface area contributed by atoms with E-state index < -0.39 is 0 Å². The number of nitrogens with zero attached hydrogens (tertiary/aromatic N) is 1. The van der Waals surface area contributed by atoms with Gasteiger partial charge in [0, 0.05) is 13.1 Å². The Morgan fingerprint density at radius 3 is 2.35 bits per heavy atom. The zero-order chi connectivity index (χ0) is 16.5. The zero-order valence-corrected chi connectivity index (χ0v) is 13.6. The molecule has 4 heteroatoms. The highest BCUT2D eigenvalue weighted by Gasteiger charge is 2.14. The third-order valence-electron chi connectivity index (χ3n) is 3.72. The van der Waals surface area contributed by atoms with E-state index in [9.17, 15) is 4.79 Å². The van der Waals surface area contributed by atoms with Gasteiger partial charge in [-0.25, -0.2) is 0 Å². The number of hydrogen-bond acceptors (Lipinski definition) is 3. The van der Waals surface area contributed by atoms with Gasteiger partial charge in [-0.05, 0) is 36.2 Å². The zero-order valence-electron chi connectivity index (χ0n) is 13.6. The lowest BCUT2D eigenvalue weighted by molar-refractivity contribution is -0.131. The second kappa shape index (κ2) is 8.96. The Hall–Kier alpha value is -2.33. The molecule has 0 heterocycles. The number of hydrogen-bond donors (Lipinski definition) is 1. The summed E-state index contributed by atoms with van der Waals surface area (Å²) in [7, 11) is 1.63. The highest BCUT2D eigenvalue weighted by Crippen LogP contribution is 2.13. The van der Waals surface area contributed by atoms with Gasteiger partial charge in [-0.2, -0.15) is 0 Å². The van der Waals surface area contributed by atoms with Gasteiger partial charge < -0.3 is 15.4 Å². The van der Waals surface area contributed by atoms with Crippen molar-refractivity contribution in [2.45, 2.75) is 19.4 Å². The normalized spacial score (nSPS) is 10.3. The van der Waals surface area contributed by atoms with Gasteiger partial charge in [0.05, 0.1) is 13.5 Å². The Morgan fingerprint density at radius 1 is 1.04 bits per heavy atom. The molecule has 1 amide bonds. The molecule has 0 fully saturated rings. The number of carbonyl (C=O) groups excluding carboxylic acids is 1. The number of carbonyl (C=O) groups is 1. The van der Waals surface area contributed by atoms with Gasteiger partial charge in [-0.1, -0.05) is 42.5 Å². The van der Waals surface area contributed by atoms with Crippen molar-refractivity contribution < 1.29 is 9.53 Å². The van der Waals surface area contributed by atoms with Crippen LogP contribution in [0.5, 0.6) is 5.75 Å². The molecule has 0 aliphatic carbocycles. The fourth-order valence-corrected chi connectivity index (χ4v) is 2.41. The molecule has 0 unspecified atom stereocenters. The Balaban J connectivity index is 2.02. The lowest BCUT2D eigenvalue weighted by atomic mass is 10.1. The molecule has 0 aliphatic heterocycles. The summed E-state index contributed by atoms with van der Waals surface area (Å²) >= 11 is 0. The molecule has 2 aromatic rings. The van der Waals surface area contributed by atoms with Crippen LogP contribution in [-0.2, 0) is 17.8 Å². The molecule has 122 valence electrons. The van der Waals surface area contributed by atoms with E-state index in [-0.39, 0.29) is 5.91 Å². The van der Waals surface area contributed by atoms with E-state index in [1.54, 1.807) is 7.11 Å². The topological polar surface area (TPSA) is 55.6 Å². The van der Waals surface area contributed by atoms with Crippen molar-refractivity contribution in [3.05, 3.63) is 65.7 Å². The first-order chi connectivity index (χ1) is 11.2. The van der Waals surface area contributed by atoms with E-state index >= 15 is 0 Å². The minimum Gasteiger partial charge on any atom is -0.497 e. The smallest absolute Gasteiger partial charge is 0.227 e. The molecule has 0 bridgehead atoms. The van der Waals surface area contributed by atoms with Crippen molar-refractivity contribution in [2.24, 2.45) is 5.73 Å². The van der Waals surface area contributed by atoms with Gasteiger partial charge in [0.2, 0.25) is 5.91 Å². The van der Waals surface area contributed by atoms with E-state index in [0.717, 1.165) is 23.3 Å². The van der Waals surface area contributed by atoms with Crippen LogP contribution in [0.3, 0.4) is 0 Å². The van der Waals surface area contributed by atoms with Crippen molar-refractivity contribution in [2.75, 3.05) is 20.2 Å². The Bertz CT molecular complexity index is 597.